The summed E-state index contributed by atoms with van der Waals surface area (Å²) in [6.45, 7) is 8.07. The smallest absolute Gasteiger partial charge is 0.0330 e. The molecule has 1 aliphatic rings. The van der Waals surface area contributed by atoms with Crippen molar-refractivity contribution in [2.75, 3.05) is 13.1 Å². The van der Waals surface area contributed by atoms with Gasteiger partial charge in [-0.05, 0) is 31.5 Å². The second-order valence-corrected chi connectivity index (χ2v) is 4.77. The molecule has 1 nitrogen and oxygen atoms in total. The maximum absolute atomic E-state index is 2.51. The van der Waals surface area contributed by atoms with Crippen LogP contribution in [-0.2, 0) is 13.0 Å². The van der Waals surface area contributed by atoms with Gasteiger partial charge >= 0.3 is 0 Å². The van der Waals surface area contributed by atoms with Crippen LogP contribution in [-0.4, -0.2) is 18.0 Å². The Hall–Kier alpha value is -0.340. The van der Waals surface area contributed by atoms with Gasteiger partial charge in [-0.1, -0.05) is 6.92 Å². The molecule has 0 aromatic carbocycles. The van der Waals surface area contributed by atoms with Crippen LogP contribution in [0.5, 0.6) is 0 Å². The van der Waals surface area contributed by atoms with Crippen LogP contribution in [0.1, 0.15) is 22.2 Å². The highest BCUT2D eigenvalue weighted by molar-refractivity contribution is 7.12. The first-order valence-electron chi connectivity index (χ1n) is 4.60. The van der Waals surface area contributed by atoms with Crippen LogP contribution in [0.15, 0.2) is 6.07 Å². The van der Waals surface area contributed by atoms with E-state index in [4.69, 9.17) is 0 Å². The van der Waals surface area contributed by atoms with Gasteiger partial charge in [-0.15, -0.1) is 11.3 Å². The normalized spacial score (nSPS) is 17.8. The molecule has 1 aromatic rings. The Morgan fingerprint density at radius 3 is 3.17 bits per heavy atom. The highest BCUT2D eigenvalue weighted by Gasteiger charge is 2.16. The Balaban J connectivity index is 2.22. The van der Waals surface area contributed by atoms with Gasteiger partial charge in [0.15, 0.2) is 0 Å². The lowest BCUT2D eigenvalue weighted by molar-refractivity contribution is 0.271. The quantitative estimate of drug-likeness (QED) is 0.643. The van der Waals surface area contributed by atoms with Crippen molar-refractivity contribution >= 4 is 11.3 Å². The minimum absolute atomic E-state index is 1.18. The fraction of sp³-hybridized carbons (Fsp3) is 0.600. The van der Waals surface area contributed by atoms with Gasteiger partial charge < -0.3 is 0 Å². The highest BCUT2D eigenvalue weighted by atomic mass is 32.1. The molecule has 0 saturated carbocycles. The molecule has 12 heavy (non-hydrogen) atoms. The monoisotopic (exact) mass is 181 g/mol. The Labute approximate surface area is 78.0 Å². The van der Waals surface area contributed by atoms with Gasteiger partial charge in [0.1, 0.15) is 0 Å². The molecule has 0 radical (unpaired) electrons. The zero-order chi connectivity index (χ0) is 8.55. The molecule has 2 heteroatoms. The highest BCUT2D eigenvalue weighted by Crippen LogP contribution is 2.27. The average molecular weight is 181 g/mol. The molecule has 1 aromatic heterocycles. The summed E-state index contributed by atoms with van der Waals surface area (Å²) >= 11 is 1.97. The SMILES string of the molecule is CCN1CCc2cc(C)sc2C1. The second kappa shape index (κ2) is 3.19. The summed E-state index contributed by atoms with van der Waals surface area (Å²) in [5.74, 6) is 0. The standard InChI is InChI=1S/C10H15NS/c1-3-11-5-4-9-6-8(2)12-10(9)7-11/h6H,3-5,7H2,1-2H3. The number of nitrogens with zero attached hydrogens (tertiary/aromatic N) is 1. The lowest BCUT2D eigenvalue weighted by Crippen LogP contribution is -2.28. The first-order chi connectivity index (χ1) is 5.79. The van der Waals surface area contributed by atoms with E-state index < -0.39 is 0 Å². The topological polar surface area (TPSA) is 3.24 Å². The first kappa shape index (κ1) is 8.27. The minimum atomic E-state index is 1.18. The molecule has 1 aliphatic heterocycles. The van der Waals surface area contributed by atoms with Crippen molar-refractivity contribution < 1.29 is 0 Å². The van der Waals surface area contributed by atoms with E-state index >= 15 is 0 Å². The van der Waals surface area contributed by atoms with E-state index in [2.05, 4.69) is 24.8 Å². The molecule has 2 rings (SSSR count). The summed E-state index contributed by atoms with van der Waals surface area (Å²) in [6.07, 6.45) is 1.26. The van der Waals surface area contributed by atoms with Crippen molar-refractivity contribution in [1.82, 2.24) is 4.90 Å². The van der Waals surface area contributed by atoms with Crippen molar-refractivity contribution in [2.24, 2.45) is 0 Å². The Morgan fingerprint density at radius 2 is 2.42 bits per heavy atom. The van der Waals surface area contributed by atoms with Crippen LogP contribution < -0.4 is 0 Å². The molecular weight excluding hydrogens is 166 g/mol. The summed E-state index contributed by atoms with van der Waals surface area (Å²) < 4.78 is 0. The molecule has 0 saturated heterocycles. The summed E-state index contributed by atoms with van der Waals surface area (Å²) in [5, 5.41) is 0. The maximum Gasteiger partial charge on any atom is 0.0330 e. The summed E-state index contributed by atoms with van der Waals surface area (Å²) in [4.78, 5) is 5.58. The van der Waals surface area contributed by atoms with E-state index in [0.29, 0.717) is 0 Å². The molecular formula is C10H15NS. The number of hydrogen-bond acceptors (Lipinski definition) is 2. The van der Waals surface area contributed by atoms with Crippen molar-refractivity contribution in [2.45, 2.75) is 26.8 Å². The van der Waals surface area contributed by atoms with Crippen LogP contribution in [0.4, 0.5) is 0 Å². The van der Waals surface area contributed by atoms with Crippen LogP contribution in [0.25, 0.3) is 0 Å². The third kappa shape index (κ3) is 1.41. The molecule has 0 amide bonds. The molecule has 0 bridgehead atoms. The van der Waals surface area contributed by atoms with Gasteiger partial charge in [0.2, 0.25) is 0 Å². The summed E-state index contributed by atoms with van der Waals surface area (Å²) in [6, 6.07) is 2.35. The van der Waals surface area contributed by atoms with Gasteiger partial charge in [0.25, 0.3) is 0 Å². The number of thiophene rings is 1. The van der Waals surface area contributed by atoms with E-state index in [9.17, 15) is 0 Å². The molecule has 0 unspecified atom stereocenters. The van der Waals surface area contributed by atoms with Gasteiger partial charge in [0.05, 0.1) is 0 Å². The van der Waals surface area contributed by atoms with E-state index in [1.165, 1.54) is 30.9 Å². The molecule has 0 aliphatic carbocycles. The molecule has 0 atom stereocenters. The van der Waals surface area contributed by atoms with Crippen LogP contribution in [0.3, 0.4) is 0 Å². The van der Waals surface area contributed by atoms with E-state index in [0.717, 1.165) is 0 Å². The number of likely N-dealkylation sites (N-methyl/N-ethyl adjacent to an activating group) is 1. The fourth-order valence-corrected chi connectivity index (χ4v) is 2.92. The maximum atomic E-state index is 2.51. The Bertz CT molecular complexity index is 277. The van der Waals surface area contributed by atoms with Crippen molar-refractivity contribution in [1.29, 1.82) is 0 Å². The number of rotatable bonds is 1. The first-order valence-corrected chi connectivity index (χ1v) is 5.41. The third-order valence-corrected chi connectivity index (χ3v) is 3.61. The van der Waals surface area contributed by atoms with E-state index in [1.54, 1.807) is 10.4 Å². The van der Waals surface area contributed by atoms with Crippen molar-refractivity contribution in [3.63, 3.8) is 0 Å². The predicted octanol–water partition coefficient (Wildman–Crippen LogP) is 2.43. The van der Waals surface area contributed by atoms with Gasteiger partial charge in [0, 0.05) is 22.8 Å². The Kier molecular flexibility index (Phi) is 2.20. The molecule has 66 valence electrons. The van der Waals surface area contributed by atoms with Crippen LogP contribution in [0.2, 0.25) is 0 Å². The van der Waals surface area contributed by atoms with Crippen molar-refractivity contribution in [3.05, 3.63) is 21.4 Å². The zero-order valence-electron chi connectivity index (χ0n) is 7.76. The lowest BCUT2D eigenvalue weighted by Gasteiger charge is -2.24. The van der Waals surface area contributed by atoms with E-state index in [1.807, 2.05) is 11.3 Å². The molecule has 2 heterocycles. The minimum Gasteiger partial charge on any atom is -0.298 e. The molecule has 0 fully saturated rings. The largest absolute Gasteiger partial charge is 0.298 e. The third-order valence-electron chi connectivity index (χ3n) is 2.53. The summed E-state index contributed by atoms with van der Waals surface area (Å²) in [5.41, 5.74) is 1.60. The van der Waals surface area contributed by atoms with Gasteiger partial charge in [-0.3, -0.25) is 4.90 Å². The fourth-order valence-electron chi connectivity index (χ4n) is 1.79. The number of hydrogen-bond donors (Lipinski definition) is 0. The van der Waals surface area contributed by atoms with Crippen molar-refractivity contribution in [3.8, 4) is 0 Å². The molecule has 0 N–H and O–H groups in total. The zero-order valence-corrected chi connectivity index (χ0v) is 8.58. The van der Waals surface area contributed by atoms with Crippen LogP contribution >= 0.6 is 11.3 Å². The van der Waals surface area contributed by atoms with Gasteiger partial charge in [-0.25, -0.2) is 0 Å². The van der Waals surface area contributed by atoms with E-state index in [-0.39, 0.29) is 0 Å². The number of aryl methyl sites for hydroxylation is 1. The Morgan fingerprint density at radius 1 is 1.58 bits per heavy atom. The van der Waals surface area contributed by atoms with Gasteiger partial charge in [-0.2, -0.15) is 0 Å². The predicted molar refractivity (Wildman–Crippen MR) is 53.7 cm³/mol. The summed E-state index contributed by atoms with van der Waals surface area (Å²) in [7, 11) is 0. The number of fused-ring (bicyclic) bond motifs is 1. The average Bonchev–Trinajstić information content (AvgIpc) is 2.43. The molecule has 0 spiro atoms. The lowest BCUT2D eigenvalue weighted by atomic mass is 10.1. The second-order valence-electron chi connectivity index (χ2n) is 3.42. The van der Waals surface area contributed by atoms with Crippen LogP contribution in [0, 0.1) is 6.92 Å².